The van der Waals surface area contributed by atoms with E-state index in [2.05, 4.69) is 12.3 Å². The Morgan fingerprint density at radius 3 is 2.06 bits per heavy atom. The van der Waals surface area contributed by atoms with Crippen molar-refractivity contribution in [3.05, 3.63) is 71.3 Å². The third kappa shape index (κ3) is 9.34. The van der Waals surface area contributed by atoms with Gasteiger partial charge in [-0.2, -0.15) is 0 Å². The number of nitrogens with zero attached hydrogens (tertiary/aromatic N) is 1. The van der Waals surface area contributed by atoms with Crippen molar-refractivity contribution in [2.45, 2.75) is 77.5 Å². The summed E-state index contributed by atoms with van der Waals surface area (Å²) < 4.78 is 10.5. The number of hydrazine groups is 1. The van der Waals surface area contributed by atoms with Crippen LogP contribution in [0.1, 0.15) is 57.2 Å². The Bertz CT molecular complexity index is 985. The van der Waals surface area contributed by atoms with Crippen molar-refractivity contribution >= 4 is 18.0 Å². The predicted molar refractivity (Wildman–Crippen MR) is 137 cm³/mol. The van der Waals surface area contributed by atoms with Crippen LogP contribution in [0.25, 0.3) is 0 Å². The molecule has 0 saturated carbocycles. The number of methoxy groups -OCH3 is 1. The number of amides is 1. The number of aliphatic carboxylic acids is 1. The molecule has 2 N–H and O–H groups in total. The van der Waals surface area contributed by atoms with Crippen LogP contribution < -0.4 is 5.43 Å². The number of carbonyl (C=O) groups is 3. The lowest BCUT2D eigenvalue weighted by atomic mass is 10.0. The lowest BCUT2D eigenvalue weighted by Gasteiger charge is -2.34. The fraction of sp³-hybridized carbons (Fsp3) is 0.464. The van der Waals surface area contributed by atoms with E-state index in [9.17, 15) is 19.5 Å². The minimum absolute atomic E-state index is 0.0991. The van der Waals surface area contributed by atoms with Crippen molar-refractivity contribution in [3.63, 3.8) is 0 Å². The average Bonchev–Trinajstić information content (AvgIpc) is 2.83. The molecule has 0 aromatic heterocycles. The van der Waals surface area contributed by atoms with Crippen LogP contribution >= 0.6 is 0 Å². The van der Waals surface area contributed by atoms with Gasteiger partial charge < -0.3 is 14.6 Å². The number of ether oxygens (including phenoxy) is 2. The van der Waals surface area contributed by atoms with Gasteiger partial charge in [0.2, 0.25) is 0 Å². The van der Waals surface area contributed by atoms with Crippen LogP contribution in [-0.2, 0) is 38.3 Å². The number of aryl methyl sites for hydroxylation is 1. The van der Waals surface area contributed by atoms with Crippen LogP contribution in [0.15, 0.2) is 54.6 Å². The molecule has 0 bridgehead atoms. The fourth-order valence-electron chi connectivity index (χ4n) is 3.65. The van der Waals surface area contributed by atoms with Crippen molar-refractivity contribution < 1.29 is 29.0 Å². The van der Waals surface area contributed by atoms with Gasteiger partial charge in [0.05, 0.1) is 7.11 Å². The Balaban J connectivity index is 2.34. The van der Waals surface area contributed by atoms with Gasteiger partial charge in [-0.05, 0) is 50.3 Å². The molecule has 2 atom stereocenters. The summed E-state index contributed by atoms with van der Waals surface area (Å²) >= 11 is 0. The molecule has 0 saturated heterocycles. The molecule has 1 amide bonds. The monoisotopic (exact) mass is 498 g/mol. The zero-order valence-electron chi connectivity index (χ0n) is 21.8. The number of rotatable bonds is 12. The average molecular weight is 499 g/mol. The molecule has 0 aliphatic heterocycles. The Hall–Kier alpha value is -3.39. The maximum atomic E-state index is 13.2. The second-order valence-corrected chi connectivity index (χ2v) is 9.72. The van der Waals surface area contributed by atoms with Crippen LogP contribution in [0.3, 0.4) is 0 Å². The number of benzene rings is 2. The third-order valence-corrected chi connectivity index (χ3v) is 5.52. The summed E-state index contributed by atoms with van der Waals surface area (Å²) in [5, 5.41) is 10.9. The molecule has 2 aromatic rings. The van der Waals surface area contributed by atoms with Gasteiger partial charge in [-0.1, -0.05) is 67.9 Å². The Labute approximate surface area is 213 Å². The van der Waals surface area contributed by atoms with Crippen molar-refractivity contribution in [2.75, 3.05) is 7.11 Å². The molecule has 0 heterocycles. The van der Waals surface area contributed by atoms with Gasteiger partial charge in [0.1, 0.15) is 11.6 Å². The summed E-state index contributed by atoms with van der Waals surface area (Å²) in [6, 6.07) is 14.5. The number of carbonyl (C=O) groups excluding carboxylic acids is 2. The molecular formula is C28H38N2O6. The van der Waals surface area contributed by atoms with Gasteiger partial charge in [-0.3, -0.25) is 4.79 Å². The molecule has 0 aliphatic carbocycles. The predicted octanol–water partition coefficient (Wildman–Crippen LogP) is 4.55. The number of carboxylic acids is 1. The van der Waals surface area contributed by atoms with Crippen LogP contribution in [0.4, 0.5) is 4.79 Å². The van der Waals surface area contributed by atoms with Crippen molar-refractivity contribution in [2.24, 2.45) is 0 Å². The third-order valence-electron chi connectivity index (χ3n) is 5.52. The molecule has 8 heteroatoms. The normalized spacial score (nSPS) is 12.9. The zero-order chi connectivity index (χ0) is 26.7. The largest absolute Gasteiger partial charge is 0.480 e. The number of hydrogen-bond donors (Lipinski definition) is 2. The number of esters is 1. The molecule has 0 unspecified atom stereocenters. The zero-order valence-corrected chi connectivity index (χ0v) is 21.8. The standard InChI is InChI=1S/C28H38N2O6/c1-6-7-11-20-14-16-22(17-15-20)18-23(25(31)32)29-30(27(34)36-28(2,3)4)24(26(33)35-5)19-21-12-9-8-10-13-21/h8-10,12-17,23-24,29H,6-7,11,18-19H2,1-5H3,(H,31,32)/t23-,24-/m0/s1. The first-order valence-corrected chi connectivity index (χ1v) is 12.2. The quantitative estimate of drug-likeness (QED) is 0.327. The molecule has 2 rings (SSSR count). The smallest absolute Gasteiger partial charge is 0.425 e. The van der Waals surface area contributed by atoms with Crippen LogP contribution in [0.2, 0.25) is 0 Å². The Kier molecular flexibility index (Phi) is 10.9. The lowest BCUT2D eigenvalue weighted by Crippen LogP contribution is -2.60. The van der Waals surface area contributed by atoms with E-state index in [1.807, 2.05) is 54.6 Å². The highest BCUT2D eigenvalue weighted by Gasteiger charge is 2.37. The molecule has 196 valence electrons. The number of nitrogens with one attached hydrogen (secondary N) is 1. The van der Waals surface area contributed by atoms with Crippen LogP contribution in [0, 0.1) is 0 Å². The number of unbranched alkanes of at least 4 members (excludes halogenated alkanes) is 1. The molecular weight excluding hydrogens is 460 g/mol. The minimum atomic E-state index is -1.19. The van der Waals surface area contributed by atoms with E-state index in [-0.39, 0.29) is 12.8 Å². The minimum Gasteiger partial charge on any atom is -0.480 e. The summed E-state index contributed by atoms with van der Waals surface area (Å²) in [4.78, 5) is 38.2. The fourth-order valence-corrected chi connectivity index (χ4v) is 3.65. The first-order chi connectivity index (χ1) is 17.0. The van der Waals surface area contributed by atoms with Gasteiger partial charge in [-0.15, -0.1) is 0 Å². The topological polar surface area (TPSA) is 105 Å². The highest BCUT2D eigenvalue weighted by molar-refractivity contribution is 5.82. The van der Waals surface area contributed by atoms with Gasteiger partial charge >= 0.3 is 18.0 Å². The van der Waals surface area contributed by atoms with Crippen molar-refractivity contribution in [3.8, 4) is 0 Å². The summed E-state index contributed by atoms with van der Waals surface area (Å²) in [5.41, 5.74) is 4.65. The summed E-state index contributed by atoms with van der Waals surface area (Å²) in [6.45, 7) is 7.22. The summed E-state index contributed by atoms with van der Waals surface area (Å²) in [7, 11) is 1.22. The number of carboxylic acid groups (broad SMARTS) is 1. The first-order valence-electron chi connectivity index (χ1n) is 12.2. The molecule has 8 nitrogen and oxygen atoms in total. The SMILES string of the molecule is CCCCc1ccc(C[C@H](NN(C(=O)OC(C)(C)C)[C@@H](Cc2ccccc2)C(=O)OC)C(=O)O)cc1. The van der Waals surface area contributed by atoms with Gasteiger partial charge in [0.25, 0.3) is 0 Å². The second-order valence-electron chi connectivity index (χ2n) is 9.72. The molecule has 0 spiro atoms. The van der Waals surface area contributed by atoms with Gasteiger partial charge in [-0.25, -0.2) is 20.0 Å². The molecule has 36 heavy (non-hydrogen) atoms. The maximum Gasteiger partial charge on any atom is 0.425 e. The van der Waals surface area contributed by atoms with Crippen molar-refractivity contribution in [1.29, 1.82) is 0 Å². The number of hydrogen-bond acceptors (Lipinski definition) is 6. The highest BCUT2D eigenvalue weighted by Crippen LogP contribution is 2.17. The molecule has 0 radical (unpaired) electrons. The van der Waals surface area contributed by atoms with Gasteiger partial charge in [0.15, 0.2) is 6.04 Å². The lowest BCUT2D eigenvalue weighted by molar-refractivity contribution is -0.151. The second kappa shape index (κ2) is 13.6. The van der Waals surface area contributed by atoms with E-state index >= 15 is 0 Å². The van der Waals surface area contributed by atoms with E-state index in [0.29, 0.717) is 0 Å². The van der Waals surface area contributed by atoms with Crippen LogP contribution in [-0.4, -0.2) is 52.9 Å². The summed E-state index contributed by atoms with van der Waals surface area (Å²) in [5.74, 6) is -1.86. The molecule has 0 aliphatic rings. The van der Waals surface area contributed by atoms with Gasteiger partial charge in [0, 0.05) is 12.8 Å². The van der Waals surface area contributed by atoms with Crippen molar-refractivity contribution in [1.82, 2.24) is 10.4 Å². The molecule has 0 fully saturated rings. The first kappa shape index (κ1) is 28.8. The van der Waals surface area contributed by atoms with E-state index in [1.165, 1.54) is 12.7 Å². The van der Waals surface area contributed by atoms with E-state index < -0.39 is 35.7 Å². The van der Waals surface area contributed by atoms with E-state index in [4.69, 9.17) is 9.47 Å². The maximum absolute atomic E-state index is 13.2. The molecule has 2 aromatic carbocycles. The highest BCUT2D eigenvalue weighted by atomic mass is 16.6. The Morgan fingerprint density at radius 2 is 1.53 bits per heavy atom. The van der Waals surface area contributed by atoms with E-state index in [0.717, 1.165) is 35.4 Å². The Morgan fingerprint density at radius 1 is 0.944 bits per heavy atom. The van der Waals surface area contributed by atoms with E-state index in [1.54, 1.807) is 20.8 Å². The summed E-state index contributed by atoms with van der Waals surface area (Å²) in [6.07, 6.45) is 2.48. The van der Waals surface area contributed by atoms with Crippen LogP contribution in [0.5, 0.6) is 0 Å².